The van der Waals surface area contributed by atoms with E-state index in [2.05, 4.69) is 38.2 Å². The summed E-state index contributed by atoms with van der Waals surface area (Å²) in [6.45, 7) is 9.20. The third-order valence-corrected chi connectivity index (χ3v) is 3.29. The van der Waals surface area contributed by atoms with E-state index in [4.69, 9.17) is 16.3 Å². The van der Waals surface area contributed by atoms with Crippen molar-refractivity contribution in [1.82, 2.24) is 5.32 Å². The van der Waals surface area contributed by atoms with Crippen LogP contribution in [0.4, 0.5) is 0 Å². The highest BCUT2D eigenvalue weighted by Crippen LogP contribution is 2.10. The van der Waals surface area contributed by atoms with E-state index in [1.807, 2.05) is 12.1 Å². The molecule has 0 aliphatic rings. The number of hydrogen-bond donors (Lipinski definition) is 1. The Hall–Kier alpha value is -0.570. The van der Waals surface area contributed by atoms with Crippen molar-refractivity contribution >= 4 is 11.6 Å². The molecule has 1 aromatic rings. The third-order valence-electron chi connectivity index (χ3n) is 3.03. The second-order valence-corrected chi connectivity index (χ2v) is 5.92. The first-order chi connectivity index (χ1) is 9.08. The molecule has 19 heavy (non-hydrogen) atoms. The minimum Gasteiger partial charge on any atom is -0.380 e. The molecular weight excluding hydrogens is 258 g/mol. The maximum absolute atomic E-state index is 5.87. The van der Waals surface area contributed by atoms with E-state index in [-0.39, 0.29) is 0 Å². The predicted molar refractivity (Wildman–Crippen MR) is 82.9 cm³/mol. The molecule has 0 fully saturated rings. The molecular formula is C16H26ClNO. The van der Waals surface area contributed by atoms with Crippen LogP contribution in [-0.2, 0) is 11.2 Å². The van der Waals surface area contributed by atoms with Crippen molar-refractivity contribution in [3.8, 4) is 0 Å². The molecule has 1 rings (SSSR count). The van der Waals surface area contributed by atoms with E-state index in [0.29, 0.717) is 6.04 Å². The van der Waals surface area contributed by atoms with Crippen LogP contribution in [0.3, 0.4) is 0 Å². The number of ether oxygens (including phenoxy) is 1. The molecule has 0 bridgehead atoms. The molecule has 0 radical (unpaired) electrons. The summed E-state index contributed by atoms with van der Waals surface area (Å²) in [7, 11) is 0. The second-order valence-electron chi connectivity index (χ2n) is 5.48. The molecule has 0 saturated carbocycles. The van der Waals surface area contributed by atoms with Gasteiger partial charge in [0.1, 0.15) is 0 Å². The minimum absolute atomic E-state index is 0.454. The van der Waals surface area contributed by atoms with Crippen LogP contribution < -0.4 is 5.32 Å². The average molecular weight is 284 g/mol. The molecule has 0 aromatic heterocycles. The fourth-order valence-electron chi connectivity index (χ4n) is 1.84. The van der Waals surface area contributed by atoms with Crippen LogP contribution in [-0.4, -0.2) is 25.8 Å². The molecule has 108 valence electrons. The van der Waals surface area contributed by atoms with Crippen LogP contribution in [0, 0.1) is 5.92 Å². The van der Waals surface area contributed by atoms with Gasteiger partial charge in [0.15, 0.2) is 0 Å². The van der Waals surface area contributed by atoms with Crippen LogP contribution in [0.1, 0.15) is 32.8 Å². The Labute approximate surface area is 122 Å². The van der Waals surface area contributed by atoms with Crippen molar-refractivity contribution in [1.29, 1.82) is 0 Å². The zero-order valence-corrected chi connectivity index (χ0v) is 13.0. The van der Waals surface area contributed by atoms with Crippen molar-refractivity contribution in [2.75, 3.05) is 19.8 Å². The van der Waals surface area contributed by atoms with E-state index in [1.54, 1.807) is 0 Å². The summed E-state index contributed by atoms with van der Waals surface area (Å²) in [5, 5.41) is 4.27. The Bertz CT molecular complexity index is 337. The average Bonchev–Trinajstić information content (AvgIpc) is 2.36. The highest BCUT2D eigenvalue weighted by molar-refractivity contribution is 6.30. The maximum atomic E-state index is 5.87. The topological polar surface area (TPSA) is 21.3 Å². The highest BCUT2D eigenvalue weighted by atomic mass is 35.5. The van der Waals surface area contributed by atoms with Gasteiger partial charge in [0.2, 0.25) is 0 Å². The van der Waals surface area contributed by atoms with Gasteiger partial charge in [-0.1, -0.05) is 37.6 Å². The monoisotopic (exact) mass is 283 g/mol. The van der Waals surface area contributed by atoms with E-state index in [1.165, 1.54) is 5.56 Å². The number of benzene rings is 1. The Kier molecular flexibility index (Phi) is 8.11. The van der Waals surface area contributed by atoms with E-state index >= 15 is 0 Å². The van der Waals surface area contributed by atoms with Crippen molar-refractivity contribution in [3.63, 3.8) is 0 Å². The molecule has 2 nitrogen and oxygen atoms in total. The maximum Gasteiger partial charge on any atom is 0.0591 e. The van der Waals surface area contributed by atoms with Gasteiger partial charge in [-0.15, -0.1) is 0 Å². The van der Waals surface area contributed by atoms with Crippen molar-refractivity contribution in [3.05, 3.63) is 34.9 Å². The fraction of sp³-hybridized carbons (Fsp3) is 0.625. The Morgan fingerprint density at radius 3 is 2.42 bits per heavy atom. The van der Waals surface area contributed by atoms with Gasteiger partial charge in [-0.3, -0.25) is 0 Å². The molecule has 3 heteroatoms. The molecule has 1 N–H and O–H groups in total. The molecule has 0 spiro atoms. The first-order valence-corrected chi connectivity index (χ1v) is 7.51. The van der Waals surface area contributed by atoms with E-state index in [0.717, 1.165) is 43.5 Å². The first-order valence-electron chi connectivity index (χ1n) is 7.13. The standard InChI is InChI=1S/C16H26ClNO/c1-13(2)8-10-19-11-9-18-14(3)12-15-4-6-16(17)7-5-15/h4-7,13-14,18H,8-12H2,1-3H3. The lowest BCUT2D eigenvalue weighted by Crippen LogP contribution is -2.31. The van der Waals surface area contributed by atoms with E-state index < -0.39 is 0 Å². The van der Waals surface area contributed by atoms with E-state index in [9.17, 15) is 0 Å². The van der Waals surface area contributed by atoms with Crippen LogP contribution in [0.5, 0.6) is 0 Å². The molecule has 1 unspecified atom stereocenters. The number of halogens is 1. The number of nitrogens with one attached hydrogen (secondary N) is 1. The van der Waals surface area contributed by atoms with Gasteiger partial charge < -0.3 is 10.1 Å². The van der Waals surface area contributed by atoms with Gasteiger partial charge in [0, 0.05) is 24.2 Å². The third kappa shape index (κ3) is 8.25. The molecule has 0 heterocycles. The summed E-state index contributed by atoms with van der Waals surface area (Å²) >= 11 is 5.87. The smallest absolute Gasteiger partial charge is 0.0591 e. The van der Waals surface area contributed by atoms with Crippen LogP contribution in [0.25, 0.3) is 0 Å². The Morgan fingerprint density at radius 2 is 1.79 bits per heavy atom. The number of rotatable bonds is 9. The summed E-state index contributed by atoms with van der Waals surface area (Å²) in [5.74, 6) is 0.719. The van der Waals surface area contributed by atoms with Gasteiger partial charge in [0.25, 0.3) is 0 Å². The van der Waals surface area contributed by atoms with Gasteiger partial charge >= 0.3 is 0 Å². The van der Waals surface area contributed by atoms with Crippen LogP contribution in [0.2, 0.25) is 5.02 Å². The summed E-state index contributed by atoms with van der Waals surface area (Å²) in [4.78, 5) is 0. The van der Waals surface area contributed by atoms with Gasteiger partial charge in [-0.2, -0.15) is 0 Å². The molecule has 0 aliphatic heterocycles. The molecule has 1 atom stereocenters. The zero-order valence-electron chi connectivity index (χ0n) is 12.3. The lowest BCUT2D eigenvalue weighted by molar-refractivity contribution is 0.123. The van der Waals surface area contributed by atoms with Crippen LogP contribution in [0.15, 0.2) is 24.3 Å². The lowest BCUT2D eigenvalue weighted by Gasteiger charge is -2.14. The van der Waals surface area contributed by atoms with Crippen molar-refractivity contribution in [2.45, 2.75) is 39.7 Å². The first kappa shape index (κ1) is 16.5. The lowest BCUT2D eigenvalue weighted by atomic mass is 10.1. The van der Waals surface area contributed by atoms with Gasteiger partial charge in [0.05, 0.1) is 6.61 Å². The molecule has 0 saturated heterocycles. The normalized spacial score (nSPS) is 12.9. The largest absolute Gasteiger partial charge is 0.380 e. The summed E-state index contributed by atoms with van der Waals surface area (Å²) < 4.78 is 5.58. The Balaban J connectivity index is 2.08. The molecule has 0 amide bonds. The molecule has 0 aliphatic carbocycles. The quantitative estimate of drug-likeness (QED) is 0.694. The minimum atomic E-state index is 0.454. The molecule has 1 aromatic carbocycles. The Morgan fingerprint density at radius 1 is 1.11 bits per heavy atom. The van der Waals surface area contributed by atoms with Gasteiger partial charge in [-0.25, -0.2) is 0 Å². The van der Waals surface area contributed by atoms with Crippen molar-refractivity contribution < 1.29 is 4.74 Å². The zero-order chi connectivity index (χ0) is 14.1. The highest BCUT2D eigenvalue weighted by Gasteiger charge is 2.02. The van der Waals surface area contributed by atoms with Crippen molar-refractivity contribution in [2.24, 2.45) is 5.92 Å². The van der Waals surface area contributed by atoms with Gasteiger partial charge in [-0.05, 0) is 43.4 Å². The summed E-state index contributed by atoms with van der Waals surface area (Å²) in [6, 6.07) is 8.51. The summed E-state index contributed by atoms with van der Waals surface area (Å²) in [6.07, 6.45) is 2.16. The predicted octanol–water partition coefficient (Wildman–Crippen LogP) is 3.92. The second kappa shape index (κ2) is 9.35. The number of hydrogen-bond acceptors (Lipinski definition) is 2. The van der Waals surface area contributed by atoms with Crippen LogP contribution >= 0.6 is 11.6 Å². The fourth-order valence-corrected chi connectivity index (χ4v) is 1.97. The summed E-state index contributed by atoms with van der Waals surface area (Å²) in [5.41, 5.74) is 1.31. The SMILES string of the molecule is CC(C)CCOCCNC(C)Cc1ccc(Cl)cc1.